The van der Waals surface area contributed by atoms with Crippen LogP contribution in [0, 0.1) is 13.8 Å². The van der Waals surface area contributed by atoms with Gasteiger partial charge >= 0.3 is 0 Å². The minimum Gasteiger partial charge on any atom is -0.394 e. The van der Waals surface area contributed by atoms with Gasteiger partial charge in [-0.2, -0.15) is 5.10 Å². The number of rotatable bonds is 4. The fourth-order valence-corrected chi connectivity index (χ4v) is 4.46. The van der Waals surface area contributed by atoms with E-state index in [1.165, 1.54) is 22.4 Å². The predicted octanol–water partition coefficient (Wildman–Crippen LogP) is 2.17. The molecule has 1 fully saturated rings. The highest BCUT2D eigenvalue weighted by Gasteiger charge is 2.43. The molecule has 2 aromatic rings. The molecule has 1 N–H and O–H groups in total. The van der Waals surface area contributed by atoms with Crippen LogP contribution < -0.4 is 0 Å². The molecule has 1 saturated heterocycles. The predicted molar refractivity (Wildman–Crippen MR) is 96.5 cm³/mol. The SMILES string of the molecule is Cc1nn(CCO)c(C)c1CN1CCOC2(CCc3ccccc32)C1. The second-order valence-electron chi connectivity index (χ2n) is 7.31. The van der Waals surface area contributed by atoms with E-state index in [9.17, 15) is 5.11 Å². The van der Waals surface area contributed by atoms with E-state index in [0.717, 1.165) is 44.8 Å². The summed E-state index contributed by atoms with van der Waals surface area (Å²) in [4.78, 5) is 2.51. The number of fused-ring (bicyclic) bond motifs is 2. The third kappa shape index (κ3) is 2.90. The number of hydrogen-bond donors (Lipinski definition) is 1. The van der Waals surface area contributed by atoms with Crippen molar-refractivity contribution < 1.29 is 9.84 Å². The summed E-state index contributed by atoms with van der Waals surface area (Å²) < 4.78 is 8.25. The van der Waals surface area contributed by atoms with Crippen molar-refractivity contribution in [1.29, 1.82) is 0 Å². The van der Waals surface area contributed by atoms with E-state index in [1.54, 1.807) is 0 Å². The number of nitrogens with zero attached hydrogens (tertiary/aromatic N) is 3. The quantitative estimate of drug-likeness (QED) is 0.926. The van der Waals surface area contributed by atoms with Crippen LogP contribution in [0.15, 0.2) is 24.3 Å². The molecular formula is C20H27N3O2. The van der Waals surface area contributed by atoms with E-state index in [-0.39, 0.29) is 12.2 Å². The van der Waals surface area contributed by atoms with Gasteiger partial charge in [0.05, 0.1) is 25.5 Å². The molecule has 1 atom stereocenters. The summed E-state index contributed by atoms with van der Waals surface area (Å²) in [7, 11) is 0. The normalized spacial score (nSPS) is 23.3. The van der Waals surface area contributed by atoms with Gasteiger partial charge in [0, 0.05) is 30.9 Å². The Balaban J connectivity index is 1.56. The Morgan fingerprint density at radius 2 is 2.12 bits per heavy atom. The standard InChI is InChI=1S/C20H27N3O2/c1-15-18(16(2)23(21-15)9-11-24)13-22-10-12-25-20(14-22)8-7-17-5-3-4-6-19(17)20/h3-6,24H,7-14H2,1-2H3. The molecule has 0 saturated carbocycles. The number of aliphatic hydroxyl groups excluding tert-OH is 1. The molecule has 134 valence electrons. The summed E-state index contributed by atoms with van der Waals surface area (Å²) in [6.07, 6.45) is 2.18. The van der Waals surface area contributed by atoms with Crippen LogP contribution in [0.4, 0.5) is 0 Å². The highest BCUT2D eigenvalue weighted by atomic mass is 16.5. The Morgan fingerprint density at radius 1 is 1.28 bits per heavy atom. The molecule has 1 unspecified atom stereocenters. The van der Waals surface area contributed by atoms with Crippen LogP contribution in [0.3, 0.4) is 0 Å². The van der Waals surface area contributed by atoms with Crippen LogP contribution in [0.5, 0.6) is 0 Å². The van der Waals surface area contributed by atoms with Gasteiger partial charge in [0.25, 0.3) is 0 Å². The van der Waals surface area contributed by atoms with E-state index in [4.69, 9.17) is 4.74 Å². The molecule has 4 rings (SSSR count). The number of morpholine rings is 1. The molecule has 1 aliphatic heterocycles. The highest BCUT2D eigenvalue weighted by molar-refractivity contribution is 5.38. The molecule has 1 aromatic carbocycles. The first-order chi connectivity index (χ1) is 12.1. The lowest BCUT2D eigenvalue weighted by molar-refractivity contribution is -0.115. The van der Waals surface area contributed by atoms with Crippen molar-refractivity contribution in [2.75, 3.05) is 26.3 Å². The van der Waals surface area contributed by atoms with Gasteiger partial charge in [-0.25, -0.2) is 0 Å². The summed E-state index contributed by atoms with van der Waals surface area (Å²) in [5, 5.41) is 13.8. The molecular weight excluding hydrogens is 314 g/mol. The first-order valence-corrected chi connectivity index (χ1v) is 9.21. The van der Waals surface area contributed by atoms with Crippen LogP contribution in [0.2, 0.25) is 0 Å². The first-order valence-electron chi connectivity index (χ1n) is 9.21. The summed E-state index contributed by atoms with van der Waals surface area (Å²) in [6, 6.07) is 8.73. The zero-order chi connectivity index (χ0) is 17.4. The average molecular weight is 341 g/mol. The van der Waals surface area contributed by atoms with Crippen molar-refractivity contribution in [3.63, 3.8) is 0 Å². The smallest absolute Gasteiger partial charge is 0.106 e. The molecule has 1 aromatic heterocycles. The first kappa shape index (κ1) is 16.8. The molecule has 1 aliphatic carbocycles. The third-order valence-electron chi connectivity index (χ3n) is 5.80. The Morgan fingerprint density at radius 3 is 2.96 bits per heavy atom. The van der Waals surface area contributed by atoms with Crippen molar-refractivity contribution in [2.24, 2.45) is 0 Å². The maximum atomic E-state index is 9.21. The van der Waals surface area contributed by atoms with Gasteiger partial charge in [-0.3, -0.25) is 9.58 Å². The molecule has 0 amide bonds. The minimum atomic E-state index is -0.141. The van der Waals surface area contributed by atoms with Gasteiger partial charge in [0.1, 0.15) is 5.60 Å². The largest absolute Gasteiger partial charge is 0.394 e. The molecule has 0 radical (unpaired) electrons. The highest BCUT2D eigenvalue weighted by Crippen LogP contribution is 2.42. The van der Waals surface area contributed by atoms with Crippen LogP contribution in [-0.4, -0.2) is 46.1 Å². The maximum absolute atomic E-state index is 9.21. The number of aromatic nitrogens is 2. The summed E-state index contributed by atoms with van der Waals surface area (Å²) in [5.74, 6) is 0. The summed E-state index contributed by atoms with van der Waals surface area (Å²) in [6.45, 7) is 8.42. The number of aryl methyl sites for hydroxylation is 2. The fraction of sp³-hybridized carbons (Fsp3) is 0.550. The van der Waals surface area contributed by atoms with Crippen LogP contribution in [-0.2, 0) is 29.8 Å². The zero-order valence-corrected chi connectivity index (χ0v) is 15.2. The molecule has 2 aliphatic rings. The fourth-order valence-electron chi connectivity index (χ4n) is 4.46. The second kappa shape index (κ2) is 6.56. The van der Waals surface area contributed by atoms with Gasteiger partial charge in [0.2, 0.25) is 0 Å². The van der Waals surface area contributed by atoms with E-state index >= 15 is 0 Å². The maximum Gasteiger partial charge on any atom is 0.106 e. The van der Waals surface area contributed by atoms with Crippen LogP contribution in [0.1, 0.15) is 34.5 Å². The second-order valence-corrected chi connectivity index (χ2v) is 7.31. The molecule has 25 heavy (non-hydrogen) atoms. The molecule has 0 bridgehead atoms. The van der Waals surface area contributed by atoms with Gasteiger partial charge in [-0.1, -0.05) is 24.3 Å². The Bertz CT molecular complexity index is 766. The topological polar surface area (TPSA) is 50.5 Å². The summed E-state index contributed by atoms with van der Waals surface area (Å²) >= 11 is 0. The van der Waals surface area contributed by atoms with Crippen LogP contribution >= 0.6 is 0 Å². The average Bonchev–Trinajstić information content (AvgIpc) is 3.09. The van der Waals surface area contributed by atoms with Crippen LogP contribution in [0.25, 0.3) is 0 Å². The molecule has 1 spiro atoms. The Kier molecular flexibility index (Phi) is 4.40. The number of aliphatic hydroxyl groups is 1. The molecule has 5 nitrogen and oxygen atoms in total. The summed E-state index contributed by atoms with van der Waals surface area (Å²) in [5.41, 5.74) is 6.20. The lowest BCUT2D eigenvalue weighted by Gasteiger charge is -2.41. The molecule has 2 heterocycles. The molecule has 5 heteroatoms. The monoisotopic (exact) mass is 341 g/mol. The van der Waals surface area contributed by atoms with Gasteiger partial charge in [-0.05, 0) is 37.8 Å². The Labute approximate surface area is 149 Å². The van der Waals surface area contributed by atoms with E-state index < -0.39 is 0 Å². The van der Waals surface area contributed by atoms with Gasteiger partial charge in [-0.15, -0.1) is 0 Å². The van der Waals surface area contributed by atoms with Crippen molar-refractivity contribution >= 4 is 0 Å². The minimum absolute atomic E-state index is 0.124. The van der Waals surface area contributed by atoms with Crippen molar-refractivity contribution in [3.8, 4) is 0 Å². The van der Waals surface area contributed by atoms with E-state index in [2.05, 4.69) is 48.1 Å². The lowest BCUT2D eigenvalue weighted by atomic mass is 9.93. The Hall–Kier alpha value is -1.69. The van der Waals surface area contributed by atoms with E-state index in [0.29, 0.717) is 6.54 Å². The zero-order valence-electron chi connectivity index (χ0n) is 15.2. The van der Waals surface area contributed by atoms with E-state index in [1.807, 2.05) is 4.68 Å². The van der Waals surface area contributed by atoms with Gasteiger partial charge in [0.15, 0.2) is 0 Å². The lowest BCUT2D eigenvalue weighted by Crippen LogP contribution is -2.48. The van der Waals surface area contributed by atoms with Crippen molar-refractivity contribution in [1.82, 2.24) is 14.7 Å². The number of ether oxygens (including phenoxy) is 1. The van der Waals surface area contributed by atoms with Crippen molar-refractivity contribution in [3.05, 3.63) is 52.3 Å². The number of hydrogen-bond acceptors (Lipinski definition) is 4. The van der Waals surface area contributed by atoms with Gasteiger partial charge < -0.3 is 9.84 Å². The van der Waals surface area contributed by atoms with Crippen molar-refractivity contribution in [2.45, 2.75) is 45.4 Å². The third-order valence-corrected chi connectivity index (χ3v) is 5.80. The number of benzene rings is 1.